The van der Waals surface area contributed by atoms with E-state index in [0.29, 0.717) is 18.2 Å². The summed E-state index contributed by atoms with van der Waals surface area (Å²) >= 11 is 3.55. The summed E-state index contributed by atoms with van der Waals surface area (Å²) in [6, 6.07) is 42.8. The van der Waals surface area contributed by atoms with Gasteiger partial charge in [0.05, 0.1) is 11.0 Å². The first-order chi connectivity index (χ1) is 27.5. The Morgan fingerprint density at radius 3 is 1.71 bits per heavy atom. The van der Waals surface area contributed by atoms with Gasteiger partial charge in [0.15, 0.2) is 0 Å². The molecule has 5 aromatic heterocycles. The molecule has 0 saturated heterocycles. The number of hydrogen-bond donors (Lipinski definition) is 4. The van der Waals surface area contributed by atoms with E-state index in [1.165, 1.54) is 5.56 Å². The number of nitrogen functional groups attached to an aromatic ring is 2. The third-order valence-electron chi connectivity index (χ3n) is 9.87. The van der Waals surface area contributed by atoms with Crippen molar-refractivity contribution in [2.75, 3.05) is 22.1 Å². The number of furan rings is 1. The zero-order valence-electron chi connectivity index (χ0n) is 30.1. The van der Waals surface area contributed by atoms with Gasteiger partial charge in [-0.15, -0.1) is 0 Å². The molecule has 0 amide bonds. The van der Waals surface area contributed by atoms with Crippen LogP contribution in [0.15, 0.2) is 161 Å². The number of pyridine rings is 4. The van der Waals surface area contributed by atoms with Crippen molar-refractivity contribution in [2.45, 2.75) is 13.1 Å². The van der Waals surface area contributed by atoms with Crippen molar-refractivity contribution in [3.8, 4) is 11.3 Å². The van der Waals surface area contributed by atoms with E-state index in [-0.39, 0.29) is 0 Å². The van der Waals surface area contributed by atoms with E-state index in [9.17, 15) is 0 Å². The Balaban J connectivity index is 0.000000153. The van der Waals surface area contributed by atoms with Crippen molar-refractivity contribution >= 4 is 93.3 Å². The van der Waals surface area contributed by atoms with Crippen LogP contribution in [0.4, 0.5) is 23.0 Å². The van der Waals surface area contributed by atoms with E-state index in [1.807, 2.05) is 97.3 Å². The average Bonchev–Trinajstić information content (AvgIpc) is 3.68. The minimum Gasteiger partial charge on any atom is -0.456 e. The number of benzene rings is 5. The maximum absolute atomic E-state index is 6.19. The number of halogens is 1. The highest BCUT2D eigenvalue weighted by molar-refractivity contribution is 9.10. The number of fused-ring (bicyclic) bond motifs is 5. The van der Waals surface area contributed by atoms with Crippen molar-refractivity contribution < 1.29 is 4.42 Å². The molecule has 0 saturated carbocycles. The van der Waals surface area contributed by atoms with Crippen LogP contribution in [0.25, 0.3) is 65.6 Å². The lowest BCUT2D eigenvalue weighted by molar-refractivity contribution is 0.632. The Morgan fingerprint density at radius 2 is 1.07 bits per heavy atom. The van der Waals surface area contributed by atoms with Gasteiger partial charge in [-0.2, -0.15) is 0 Å². The van der Waals surface area contributed by atoms with Gasteiger partial charge in [-0.05, 0) is 81.0 Å². The standard InChI is InChI=1S/C27H20N4O.C19H15BrN4/c28-27-19-10-9-17(15-30-24-11-12-29-23-7-3-2-6-20(23)24)13-21(19)22(16-31-27)26-14-18-5-1-4-8-25(18)32-26;20-16-11-24-19(21)13-6-5-12(9-15(13)16)10-23-18-7-8-22-17-4-2-1-3-14(17)18/h1-14,16H,15H2,(H2,28,31)(H,29,30);1-9,11H,10H2,(H2,21,24)(H,22,23). The molecule has 0 radical (unpaired) electrons. The van der Waals surface area contributed by atoms with Crippen LogP contribution in [0, 0.1) is 0 Å². The molecule has 5 aromatic carbocycles. The van der Waals surface area contributed by atoms with Gasteiger partial charge in [0.25, 0.3) is 0 Å². The molecule has 0 aliphatic rings. The van der Waals surface area contributed by atoms with Crippen LogP contribution in [-0.2, 0) is 13.1 Å². The maximum atomic E-state index is 6.19. The lowest BCUT2D eigenvalue weighted by Gasteiger charge is -2.12. The molecular weight excluding hydrogens is 760 g/mol. The van der Waals surface area contributed by atoms with Gasteiger partial charge in [0.1, 0.15) is 23.0 Å². The second-order valence-electron chi connectivity index (χ2n) is 13.4. The summed E-state index contributed by atoms with van der Waals surface area (Å²) in [6.07, 6.45) is 7.19. The minimum absolute atomic E-state index is 0.513. The highest BCUT2D eigenvalue weighted by atomic mass is 79.9. The van der Waals surface area contributed by atoms with Crippen LogP contribution in [0.5, 0.6) is 0 Å². The first-order valence-corrected chi connectivity index (χ1v) is 18.9. The van der Waals surface area contributed by atoms with Crippen LogP contribution in [-0.4, -0.2) is 19.9 Å². The van der Waals surface area contributed by atoms with E-state index in [4.69, 9.17) is 15.9 Å². The Morgan fingerprint density at radius 1 is 0.518 bits per heavy atom. The molecule has 0 fully saturated rings. The number of rotatable bonds is 7. The molecule has 272 valence electrons. The van der Waals surface area contributed by atoms with Crippen LogP contribution in [0.1, 0.15) is 11.1 Å². The zero-order valence-corrected chi connectivity index (χ0v) is 31.7. The number of nitrogens with zero attached hydrogens (tertiary/aromatic N) is 4. The molecule has 0 unspecified atom stereocenters. The molecule has 10 aromatic rings. The molecule has 0 aliphatic heterocycles. The van der Waals surface area contributed by atoms with Gasteiger partial charge in [-0.25, -0.2) is 9.97 Å². The van der Waals surface area contributed by atoms with Crippen LogP contribution >= 0.6 is 15.9 Å². The number of aromatic nitrogens is 4. The molecule has 0 spiro atoms. The number of para-hydroxylation sites is 3. The zero-order chi connectivity index (χ0) is 38.0. The number of hydrogen-bond acceptors (Lipinski definition) is 9. The quantitative estimate of drug-likeness (QED) is 0.124. The van der Waals surface area contributed by atoms with E-state index < -0.39 is 0 Å². The monoisotopic (exact) mass is 794 g/mol. The summed E-state index contributed by atoms with van der Waals surface area (Å²) < 4.78 is 7.06. The van der Waals surface area contributed by atoms with Crippen LogP contribution < -0.4 is 22.1 Å². The first kappa shape index (κ1) is 34.7. The van der Waals surface area contributed by atoms with Crippen molar-refractivity contribution in [3.63, 3.8) is 0 Å². The lowest BCUT2D eigenvalue weighted by atomic mass is 10.0. The first-order valence-electron chi connectivity index (χ1n) is 18.1. The Hall–Kier alpha value is -7.04. The summed E-state index contributed by atoms with van der Waals surface area (Å²) in [6.45, 7) is 1.39. The summed E-state index contributed by atoms with van der Waals surface area (Å²) in [4.78, 5) is 17.4. The van der Waals surface area contributed by atoms with Gasteiger partial charge in [-0.1, -0.05) is 78.9 Å². The Kier molecular flexibility index (Phi) is 9.30. The normalized spacial score (nSPS) is 11.2. The third kappa shape index (κ3) is 6.89. The molecule has 5 heterocycles. The van der Waals surface area contributed by atoms with Gasteiger partial charge < -0.3 is 26.5 Å². The number of anilines is 4. The minimum atomic E-state index is 0.513. The van der Waals surface area contributed by atoms with Gasteiger partial charge in [-0.3, -0.25) is 9.97 Å². The van der Waals surface area contributed by atoms with E-state index in [1.54, 1.807) is 12.4 Å². The largest absolute Gasteiger partial charge is 0.456 e. The fourth-order valence-electron chi connectivity index (χ4n) is 7.01. The summed E-state index contributed by atoms with van der Waals surface area (Å²) in [5, 5.41) is 14.3. The molecule has 56 heavy (non-hydrogen) atoms. The fraction of sp³-hybridized carbons (Fsp3) is 0.0435. The van der Waals surface area contributed by atoms with E-state index in [0.717, 1.165) is 93.6 Å². The third-order valence-corrected chi connectivity index (χ3v) is 10.5. The number of nitrogens with one attached hydrogen (secondary N) is 2. The SMILES string of the molecule is Nc1ncc(-c2cc3ccccc3o2)c2cc(CNc3ccnc4ccccc34)ccc12.Nc1ncc(Br)c2cc(CNc3ccnc4ccccc34)ccc12. The molecule has 10 rings (SSSR count). The second-order valence-corrected chi connectivity index (χ2v) is 14.3. The highest BCUT2D eigenvalue weighted by Crippen LogP contribution is 2.35. The van der Waals surface area contributed by atoms with Gasteiger partial charge in [0, 0.05) is 91.6 Å². The van der Waals surface area contributed by atoms with Crippen molar-refractivity contribution in [2.24, 2.45) is 0 Å². The highest BCUT2D eigenvalue weighted by Gasteiger charge is 2.13. The lowest BCUT2D eigenvalue weighted by Crippen LogP contribution is -2.01. The molecule has 6 N–H and O–H groups in total. The van der Waals surface area contributed by atoms with Crippen molar-refractivity contribution in [1.82, 2.24) is 19.9 Å². The fourth-order valence-corrected chi connectivity index (χ4v) is 7.44. The smallest absolute Gasteiger partial charge is 0.137 e. The summed E-state index contributed by atoms with van der Waals surface area (Å²) in [5.74, 6) is 1.85. The second kappa shape index (κ2) is 15.0. The summed E-state index contributed by atoms with van der Waals surface area (Å²) in [7, 11) is 0. The van der Waals surface area contributed by atoms with Crippen LogP contribution in [0.2, 0.25) is 0 Å². The van der Waals surface area contributed by atoms with E-state index >= 15 is 0 Å². The Labute approximate surface area is 330 Å². The average molecular weight is 796 g/mol. The van der Waals surface area contributed by atoms with Crippen molar-refractivity contribution in [3.05, 3.63) is 168 Å². The van der Waals surface area contributed by atoms with Gasteiger partial charge >= 0.3 is 0 Å². The molecule has 10 heteroatoms. The predicted molar refractivity (Wildman–Crippen MR) is 233 cm³/mol. The number of nitrogens with two attached hydrogens (primary N) is 2. The van der Waals surface area contributed by atoms with Gasteiger partial charge in [0.2, 0.25) is 0 Å². The maximum Gasteiger partial charge on any atom is 0.137 e. The molecule has 0 atom stereocenters. The Bertz CT molecular complexity index is 3010. The van der Waals surface area contributed by atoms with Crippen LogP contribution in [0.3, 0.4) is 0 Å². The molecule has 0 aliphatic carbocycles. The van der Waals surface area contributed by atoms with E-state index in [2.05, 4.69) is 89.0 Å². The molecule has 9 nitrogen and oxygen atoms in total. The molecule has 0 bridgehead atoms. The summed E-state index contributed by atoms with van der Waals surface area (Å²) in [5.41, 5.74) is 20.3. The predicted octanol–water partition coefficient (Wildman–Crippen LogP) is 11.1. The molecular formula is C46H35BrN8O. The topological polar surface area (TPSA) is 141 Å². The van der Waals surface area contributed by atoms with Crippen molar-refractivity contribution in [1.29, 1.82) is 0 Å².